The molecule has 0 radical (unpaired) electrons. The summed E-state index contributed by atoms with van der Waals surface area (Å²) >= 11 is 1.22. The van der Waals surface area contributed by atoms with Gasteiger partial charge in [0.15, 0.2) is 0 Å². The molecule has 5 rings (SSSR count). The number of rotatable bonds is 8. The molecule has 1 amide bonds. The van der Waals surface area contributed by atoms with E-state index in [-0.39, 0.29) is 5.91 Å². The summed E-state index contributed by atoms with van der Waals surface area (Å²) in [6.45, 7) is 5.66. The zero-order valence-electron chi connectivity index (χ0n) is 20.1. The number of nitrogens with zero attached hydrogens (tertiary/aromatic N) is 4. The highest BCUT2D eigenvalue weighted by Crippen LogP contribution is 2.37. The molecule has 182 valence electrons. The number of fused-ring (bicyclic) bond motifs is 1. The van der Waals surface area contributed by atoms with Gasteiger partial charge in [0.25, 0.3) is 5.91 Å². The molecule has 1 aliphatic rings. The van der Waals surface area contributed by atoms with Crippen molar-refractivity contribution in [3.63, 3.8) is 0 Å². The van der Waals surface area contributed by atoms with E-state index in [9.17, 15) is 9.59 Å². The molecule has 4 heterocycles. The average molecular weight is 494 g/mol. The van der Waals surface area contributed by atoms with Gasteiger partial charge in [-0.2, -0.15) is 5.10 Å². The molecule has 1 saturated carbocycles. The Hall–Kier alpha value is -3.50. The van der Waals surface area contributed by atoms with Crippen molar-refractivity contribution in [2.75, 3.05) is 12.4 Å². The summed E-state index contributed by atoms with van der Waals surface area (Å²) in [5.41, 5.74) is 5.17. The van der Waals surface area contributed by atoms with Gasteiger partial charge in [-0.15, -0.1) is 11.3 Å². The van der Waals surface area contributed by atoms with Crippen LogP contribution in [0.15, 0.2) is 35.1 Å². The molecule has 0 atom stereocenters. The number of esters is 1. The van der Waals surface area contributed by atoms with Crippen LogP contribution in [0.2, 0.25) is 0 Å². The number of anilines is 1. The molecule has 1 fully saturated rings. The predicted octanol–water partition coefficient (Wildman–Crippen LogP) is 4.44. The SMILES string of the molecule is COC(=O)c1sc2nc(CN(Cc3c(C)nn(C)c3C)C3CC3)ccc2c1NC(=O)c1ccoc1. The zero-order valence-corrected chi connectivity index (χ0v) is 20.9. The van der Waals surface area contributed by atoms with Gasteiger partial charge >= 0.3 is 5.97 Å². The minimum Gasteiger partial charge on any atom is -0.472 e. The van der Waals surface area contributed by atoms with Crippen molar-refractivity contribution in [2.24, 2.45) is 7.05 Å². The minimum absolute atomic E-state index is 0.310. The van der Waals surface area contributed by atoms with Crippen molar-refractivity contribution in [1.82, 2.24) is 19.7 Å². The summed E-state index contributed by atoms with van der Waals surface area (Å²) in [5, 5.41) is 8.10. The summed E-state index contributed by atoms with van der Waals surface area (Å²) in [6.07, 6.45) is 5.14. The number of carbonyl (C=O) groups is 2. The molecule has 1 N–H and O–H groups in total. The molecule has 1 aliphatic carbocycles. The van der Waals surface area contributed by atoms with E-state index in [4.69, 9.17) is 14.1 Å². The standard InChI is InChI=1S/C25H27N5O4S/c1-14-20(15(2)29(3)28-14)12-30(18-6-7-18)11-17-5-8-19-21(27-23(31)16-9-10-34-13-16)22(25(32)33-4)35-24(19)26-17/h5,8-10,13,18H,6-7,11-12H2,1-4H3,(H,27,31). The van der Waals surface area contributed by atoms with Crippen LogP contribution in [0.4, 0.5) is 5.69 Å². The Morgan fingerprint density at radius 1 is 1.26 bits per heavy atom. The fraction of sp³-hybridized carbons (Fsp3) is 0.360. The third-order valence-electron chi connectivity index (χ3n) is 6.45. The van der Waals surface area contributed by atoms with Crippen LogP contribution in [0.5, 0.6) is 0 Å². The fourth-order valence-corrected chi connectivity index (χ4v) is 5.32. The number of hydrogen-bond acceptors (Lipinski definition) is 8. The van der Waals surface area contributed by atoms with E-state index in [1.54, 1.807) is 6.07 Å². The minimum atomic E-state index is -0.515. The Bertz CT molecular complexity index is 1400. The van der Waals surface area contributed by atoms with E-state index in [1.165, 1.54) is 55.1 Å². The van der Waals surface area contributed by atoms with Gasteiger partial charge in [0.2, 0.25) is 0 Å². The Labute approximate surface area is 206 Å². The summed E-state index contributed by atoms with van der Waals surface area (Å²) in [7, 11) is 3.30. The number of hydrogen-bond donors (Lipinski definition) is 1. The number of aryl methyl sites for hydroxylation is 2. The molecule has 0 aliphatic heterocycles. The maximum Gasteiger partial charge on any atom is 0.350 e. The Balaban J connectivity index is 1.44. The average Bonchev–Trinajstić information content (AvgIpc) is 3.33. The van der Waals surface area contributed by atoms with Gasteiger partial charge in [0.05, 0.1) is 36.0 Å². The molecule has 0 bridgehead atoms. The van der Waals surface area contributed by atoms with Crippen LogP contribution in [0.1, 0.15) is 55.5 Å². The first-order valence-electron chi connectivity index (χ1n) is 11.4. The lowest BCUT2D eigenvalue weighted by molar-refractivity contribution is 0.0607. The van der Waals surface area contributed by atoms with Crippen molar-refractivity contribution < 1.29 is 18.7 Å². The van der Waals surface area contributed by atoms with Crippen LogP contribution in [-0.2, 0) is 24.9 Å². The summed E-state index contributed by atoms with van der Waals surface area (Å²) < 4.78 is 11.9. The number of nitrogens with one attached hydrogen (secondary N) is 1. The number of thiophene rings is 1. The van der Waals surface area contributed by atoms with E-state index in [1.807, 2.05) is 23.9 Å². The molecule has 9 nitrogen and oxygen atoms in total. The number of furan rings is 1. The predicted molar refractivity (Wildman–Crippen MR) is 133 cm³/mol. The maximum atomic E-state index is 12.7. The second-order valence-corrected chi connectivity index (χ2v) is 9.83. The van der Waals surface area contributed by atoms with E-state index < -0.39 is 5.97 Å². The molecular formula is C25H27N5O4S. The first kappa shape index (κ1) is 23.3. The second kappa shape index (κ2) is 9.27. The lowest BCUT2D eigenvalue weighted by Gasteiger charge is -2.22. The van der Waals surface area contributed by atoms with Crippen molar-refractivity contribution in [3.8, 4) is 0 Å². The van der Waals surface area contributed by atoms with Gasteiger partial charge in [-0.3, -0.25) is 14.4 Å². The molecule has 0 saturated heterocycles. The number of carbonyl (C=O) groups excluding carboxylic acids is 2. The smallest absolute Gasteiger partial charge is 0.350 e. The van der Waals surface area contributed by atoms with Gasteiger partial charge in [-0.1, -0.05) is 0 Å². The van der Waals surface area contributed by atoms with Crippen LogP contribution < -0.4 is 5.32 Å². The van der Waals surface area contributed by atoms with Crippen LogP contribution in [-0.4, -0.2) is 44.7 Å². The monoisotopic (exact) mass is 493 g/mol. The highest BCUT2D eigenvalue weighted by Gasteiger charge is 2.31. The zero-order chi connectivity index (χ0) is 24.7. The quantitative estimate of drug-likeness (QED) is 0.362. The van der Waals surface area contributed by atoms with Crippen molar-refractivity contribution in [1.29, 1.82) is 0 Å². The number of methoxy groups -OCH3 is 1. The Kier molecular flexibility index (Phi) is 6.16. The lowest BCUT2D eigenvalue weighted by Crippen LogP contribution is -2.26. The molecule has 35 heavy (non-hydrogen) atoms. The maximum absolute atomic E-state index is 12.7. The van der Waals surface area contributed by atoms with E-state index >= 15 is 0 Å². The van der Waals surface area contributed by atoms with Gasteiger partial charge in [0.1, 0.15) is 16.0 Å². The molecule has 0 aromatic carbocycles. The Morgan fingerprint density at radius 3 is 2.69 bits per heavy atom. The van der Waals surface area contributed by atoms with Crippen LogP contribution in [0.3, 0.4) is 0 Å². The highest BCUT2D eigenvalue weighted by molar-refractivity contribution is 7.21. The molecule has 4 aromatic rings. The fourth-order valence-electron chi connectivity index (χ4n) is 4.26. The third-order valence-corrected chi connectivity index (χ3v) is 7.53. The van der Waals surface area contributed by atoms with Crippen molar-refractivity contribution in [3.05, 3.63) is 63.8 Å². The second-order valence-electron chi connectivity index (χ2n) is 8.83. The molecule has 0 unspecified atom stereocenters. The van der Waals surface area contributed by atoms with E-state index in [2.05, 4.69) is 29.2 Å². The highest BCUT2D eigenvalue weighted by atomic mass is 32.1. The summed E-state index contributed by atoms with van der Waals surface area (Å²) in [4.78, 5) is 33.4. The van der Waals surface area contributed by atoms with E-state index in [0.29, 0.717) is 38.9 Å². The number of pyridine rings is 1. The van der Waals surface area contributed by atoms with Crippen LogP contribution >= 0.6 is 11.3 Å². The molecule has 4 aromatic heterocycles. The van der Waals surface area contributed by atoms with Crippen LogP contribution in [0.25, 0.3) is 10.2 Å². The Morgan fingerprint density at radius 2 is 2.06 bits per heavy atom. The van der Waals surface area contributed by atoms with Gasteiger partial charge in [-0.25, -0.2) is 9.78 Å². The lowest BCUT2D eigenvalue weighted by atomic mass is 10.1. The number of ether oxygens (including phenoxy) is 1. The third kappa shape index (κ3) is 4.59. The largest absolute Gasteiger partial charge is 0.472 e. The van der Waals surface area contributed by atoms with Gasteiger partial charge in [0, 0.05) is 42.8 Å². The van der Waals surface area contributed by atoms with Crippen molar-refractivity contribution >= 4 is 39.1 Å². The summed E-state index contributed by atoms with van der Waals surface area (Å²) in [5.74, 6) is -0.881. The van der Waals surface area contributed by atoms with Crippen LogP contribution in [0, 0.1) is 13.8 Å². The molecule has 10 heteroatoms. The topological polar surface area (TPSA) is 102 Å². The normalized spacial score (nSPS) is 13.5. The first-order chi connectivity index (χ1) is 16.9. The summed E-state index contributed by atoms with van der Waals surface area (Å²) in [6, 6.07) is 5.97. The first-order valence-corrected chi connectivity index (χ1v) is 12.2. The van der Waals surface area contributed by atoms with Gasteiger partial charge in [-0.05, 0) is 44.9 Å². The number of aromatic nitrogens is 3. The van der Waals surface area contributed by atoms with Gasteiger partial charge < -0.3 is 14.5 Å². The number of amides is 1. The molecule has 0 spiro atoms. The van der Waals surface area contributed by atoms with E-state index in [0.717, 1.165) is 17.9 Å². The van der Waals surface area contributed by atoms with Crippen molar-refractivity contribution in [2.45, 2.75) is 45.8 Å². The molecular weight excluding hydrogens is 466 g/mol.